The third-order valence-corrected chi connectivity index (χ3v) is 3.07. The van der Waals surface area contributed by atoms with Crippen molar-refractivity contribution in [2.24, 2.45) is 17.6 Å². The minimum atomic E-state index is -0.00810. The van der Waals surface area contributed by atoms with E-state index < -0.39 is 0 Å². The standard InChI is InChI=1S/C11H23NO/c1-4-13-11(8-12)6-9(2)5-10(3)7-11/h9-10H,4-8,12H2,1-3H3. The quantitative estimate of drug-likeness (QED) is 0.731. The Morgan fingerprint density at radius 1 is 1.31 bits per heavy atom. The largest absolute Gasteiger partial charge is 0.374 e. The van der Waals surface area contributed by atoms with Crippen LogP contribution < -0.4 is 5.73 Å². The van der Waals surface area contributed by atoms with E-state index in [2.05, 4.69) is 20.8 Å². The van der Waals surface area contributed by atoms with Crippen molar-refractivity contribution < 1.29 is 4.74 Å². The van der Waals surface area contributed by atoms with Crippen LogP contribution in [0.3, 0.4) is 0 Å². The van der Waals surface area contributed by atoms with Crippen molar-refractivity contribution in [1.82, 2.24) is 0 Å². The van der Waals surface area contributed by atoms with E-state index in [4.69, 9.17) is 10.5 Å². The monoisotopic (exact) mass is 185 g/mol. The Kier molecular flexibility index (Phi) is 3.74. The number of hydrogen-bond acceptors (Lipinski definition) is 2. The van der Waals surface area contributed by atoms with Gasteiger partial charge in [-0.3, -0.25) is 0 Å². The molecule has 1 rings (SSSR count). The molecule has 0 radical (unpaired) electrons. The summed E-state index contributed by atoms with van der Waals surface area (Å²) in [6, 6.07) is 0. The van der Waals surface area contributed by atoms with Crippen molar-refractivity contribution in [3.8, 4) is 0 Å². The van der Waals surface area contributed by atoms with Gasteiger partial charge in [-0.05, 0) is 38.0 Å². The molecule has 2 N–H and O–H groups in total. The molecule has 0 aliphatic heterocycles. The number of ether oxygens (including phenoxy) is 1. The van der Waals surface area contributed by atoms with Crippen molar-refractivity contribution in [1.29, 1.82) is 0 Å². The Morgan fingerprint density at radius 3 is 2.23 bits per heavy atom. The molecule has 0 aromatic heterocycles. The molecule has 0 saturated heterocycles. The maximum atomic E-state index is 5.84. The Bertz CT molecular complexity index is 148. The lowest BCUT2D eigenvalue weighted by Gasteiger charge is -2.41. The van der Waals surface area contributed by atoms with E-state index in [1.165, 1.54) is 6.42 Å². The molecule has 0 amide bonds. The first kappa shape index (κ1) is 11.0. The van der Waals surface area contributed by atoms with Crippen LogP contribution in [0.5, 0.6) is 0 Å². The summed E-state index contributed by atoms with van der Waals surface area (Å²) in [5.41, 5.74) is 5.82. The second-order valence-electron chi connectivity index (χ2n) is 4.67. The lowest BCUT2D eigenvalue weighted by Crippen LogP contribution is -2.46. The zero-order valence-electron chi connectivity index (χ0n) is 9.18. The van der Waals surface area contributed by atoms with Crippen LogP contribution in [0.25, 0.3) is 0 Å². The topological polar surface area (TPSA) is 35.2 Å². The Labute approximate surface area is 81.8 Å². The van der Waals surface area contributed by atoms with Gasteiger partial charge >= 0.3 is 0 Å². The maximum Gasteiger partial charge on any atom is 0.0809 e. The minimum Gasteiger partial charge on any atom is -0.374 e. The van der Waals surface area contributed by atoms with E-state index in [-0.39, 0.29) is 5.60 Å². The molecule has 1 aliphatic rings. The second kappa shape index (κ2) is 4.43. The predicted molar refractivity (Wildman–Crippen MR) is 55.6 cm³/mol. The van der Waals surface area contributed by atoms with Crippen molar-refractivity contribution in [2.45, 2.75) is 45.6 Å². The Balaban J connectivity index is 2.62. The second-order valence-corrected chi connectivity index (χ2v) is 4.67. The highest BCUT2D eigenvalue weighted by atomic mass is 16.5. The summed E-state index contributed by atoms with van der Waals surface area (Å²) in [5, 5.41) is 0. The molecule has 0 heterocycles. The van der Waals surface area contributed by atoms with Gasteiger partial charge in [-0.15, -0.1) is 0 Å². The molecule has 13 heavy (non-hydrogen) atoms. The van der Waals surface area contributed by atoms with E-state index in [9.17, 15) is 0 Å². The molecule has 0 spiro atoms. The smallest absolute Gasteiger partial charge is 0.0809 e. The number of hydrogen-bond donors (Lipinski definition) is 1. The van der Waals surface area contributed by atoms with Crippen LogP contribution in [0, 0.1) is 11.8 Å². The highest BCUT2D eigenvalue weighted by Crippen LogP contribution is 2.37. The molecule has 0 aromatic carbocycles. The summed E-state index contributed by atoms with van der Waals surface area (Å²) in [4.78, 5) is 0. The summed E-state index contributed by atoms with van der Waals surface area (Å²) < 4.78 is 5.84. The van der Waals surface area contributed by atoms with E-state index in [1.54, 1.807) is 0 Å². The molecule has 78 valence electrons. The van der Waals surface area contributed by atoms with E-state index in [0.717, 1.165) is 31.3 Å². The van der Waals surface area contributed by atoms with Gasteiger partial charge in [0.25, 0.3) is 0 Å². The average molecular weight is 185 g/mol. The SMILES string of the molecule is CCOC1(CN)CC(C)CC(C)C1. The third kappa shape index (κ3) is 2.68. The maximum absolute atomic E-state index is 5.84. The zero-order chi connectivity index (χ0) is 9.90. The summed E-state index contributed by atoms with van der Waals surface area (Å²) in [6.45, 7) is 8.13. The van der Waals surface area contributed by atoms with Gasteiger partial charge < -0.3 is 10.5 Å². The molecule has 2 unspecified atom stereocenters. The minimum absolute atomic E-state index is 0.00810. The van der Waals surface area contributed by atoms with Crippen molar-refractivity contribution in [3.63, 3.8) is 0 Å². The predicted octanol–water partition coefficient (Wildman–Crippen LogP) is 2.18. The Morgan fingerprint density at radius 2 is 1.85 bits per heavy atom. The summed E-state index contributed by atoms with van der Waals surface area (Å²) in [7, 11) is 0. The summed E-state index contributed by atoms with van der Waals surface area (Å²) >= 11 is 0. The van der Waals surface area contributed by atoms with Crippen LogP contribution in [0.2, 0.25) is 0 Å². The van der Waals surface area contributed by atoms with E-state index in [1.807, 2.05) is 0 Å². The summed E-state index contributed by atoms with van der Waals surface area (Å²) in [5.74, 6) is 1.53. The fourth-order valence-electron chi connectivity index (χ4n) is 2.86. The molecule has 1 fully saturated rings. The highest BCUT2D eigenvalue weighted by Gasteiger charge is 2.37. The first-order valence-corrected chi connectivity index (χ1v) is 5.46. The number of rotatable bonds is 3. The molecular formula is C11H23NO. The molecule has 2 nitrogen and oxygen atoms in total. The fraction of sp³-hybridized carbons (Fsp3) is 1.00. The van der Waals surface area contributed by atoms with Gasteiger partial charge in [-0.25, -0.2) is 0 Å². The van der Waals surface area contributed by atoms with Gasteiger partial charge in [-0.2, -0.15) is 0 Å². The van der Waals surface area contributed by atoms with Gasteiger partial charge in [0.05, 0.1) is 5.60 Å². The van der Waals surface area contributed by atoms with Crippen LogP contribution in [0.4, 0.5) is 0 Å². The van der Waals surface area contributed by atoms with E-state index in [0.29, 0.717) is 6.54 Å². The van der Waals surface area contributed by atoms with Crippen LogP contribution in [-0.4, -0.2) is 18.8 Å². The first-order chi connectivity index (χ1) is 6.12. The van der Waals surface area contributed by atoms with Gasteiger partial charge in [-0.1, -0.05) is 13.8 Å². The molecule has 2 atom stereocenters. The first-order valence-electron chi connectivity index (χ1n) is 5.46. The summed E-state index contributed by atoms with van der Waals surface area (Å²) in [6.07, 6.45) is 3.61. The highest BCUT2D eigenvalue weighted by molar-refractivity contribution is 4.90. The molecular weight excluding hydrogens is 162 g/mol. The molecule has 0 bridgehead atoms. The van der Waals surface area contributed by atoms with Crippen LogP contribution >= 0.6 is 0 Å². The van der Waals surface area contributed by atoms with Gasteiger partial charge in [0.15, 0.2) is 0 Å². The number of nitrogens with two attached hydrogens (primary N) is 1. The Hall–Kier alpha value is -0.0800. The molecule has 0 aromatic rings. The normalized spacial score (nSPS) is 40.6. The average Bonchev–Trinajstić information content (AvgIpc) is 2.03. The molecule has 1 saturated carbocycles. The van der Waals surface area contributed by atoms with E-state index >= 15 is 0 Å². The van der Waals surface area contributed by atoms with Crippen LogP contribution in [0.15, 0.2) is 0 Å². The zero-order valence-corrected chi connectivity index (χ0v) is 9.18. The lowest BCUT2D eigenvalue weighted by molar-refractivity contribution is -0.0814. The van der Waals surface area contributed by atoms with Crippen LogP contribution in [-0.2, 0) is 4.74 Å². The van der Waals surface area contributed by atoms with Crippen molar-refractivity contribution >= 4 is 0 Å². The molecule has 2 heteroatoms. The van der Waals surface area contributed by atoms with Gasteiger partial charge in [0.1, 0.15) is 0 Å². The van der Waals surface area contributed by atoms with Gasteiger partial charge in [0, 0.05) is 13.2 Å². The van der Waals surface area contributed by atoms with Crippen LogP contribution in [0.1, 0.15) is 40.0 Å². The lowest BCUT2D eigenvalue weighted by atomic mass is 9.73. The fourth-order valence-corrected chi connectivity index (χ4v) is 2.86. The van der Waals surface area contributed by atoms with Crippen molar-refractivity contribution in [3.05, 3.63) is 0 Å². The molecule has 1 aliphatic carbocycles. The third-order valence-electron chi connectivity index (χ3n) is 3.07. The van der Waals surface area contributed by atoms with Gasteiger partial charge in [0.2, 0.25) is 0 Å². The van der Waals surface area contributed by atoms with Crippen molar-refractivity contribution in [2.75, 3.05) is 13.2 Å².